The van der Waals surface area contributed by atoms with Crippen LogP contribution in [-0.4, -0.2) is 4.98 Å². The van der Waals surface area contributed by atoms with Crippen molar-refractivity contribution in [3.05, 3.63) is 28.3 Å². The summed E-state index contributed by atoms with van der Waals surface area (Å²) in [5.74, 6) is -1.27. The van der Waals surface area contributed by atoms with E-state index in [-0.39, 0.29) is 16.6 Å². The minimum absolute atomic E-state index is 0.0836. The Kier molecular flexibility index (Phi) is 3.39. The molecule has 0 atom stereocenters. The third-order valence-corrected chi connectivity index (χ3v) is 1.88. The summed E-state index contributed by atoms with van der Waals surface area (Å²) in [6.45, 7) is 0. The van der Waals surface area contributed by atoms with Gasteiger partial charge in [0, 0.05) is 0 Å². The van der Waals surface area contributed by atoms with E-state index in [1.165, 1.54) is 0 Å². The van der Waals surface area contributed by atoms with Gasteiger partial charge >= 0.3 is 0 Å². The molecule has 13 heavy (non-hydrogen) atoms. The molecule has 0 saturated carbocycles. The lowest BCUT2D eigenvalue weighted by atomic mass is 10.3. The zero-order valence-electron chi connectivity index (χ0n) is 6.20. The molecule has 72 valence electrons. The first-order valence-electron chi connectivity index (χ1n) is 3.25. The number of aromatic nitrogens is 1. The summed E-state index contributed by atoms with van der Waals surface area (Å²) in [5, 5.41) is -0.388. The van der Waals surface area contributed by atoms with Gasteiger partial charge in [-0.2, -0.15) is 0 Å². The van der Waals surface area contributed by atoms with Crippen molar-refractivity contribution in [2.75, 3.05) is 0 Å². The SMILES string of the molecule is Fc1c(Cl)cc(CCl)nc1C(F)F. The van der Waals surface area contributed by atoms with Crippen molar-refractivity contribution in [2.24, 2.45) is 0 Å². The number of hydrogen-bond donors (Lipinski definition) is 0. The Hall–Kier alpha value is -0.480. The maximum Gasteiger partial charge on any atom is 0.283 e. The van der Waals surface area contributed by atoms with Gasteiger partial charge in [0.25, 0.3) is 6.43 Å². The molecule has 1 nitrogen and oxygen atoms in total. The highest BCUT2D eigenvalue weighted by Crippen LogP contribution is 2.26. The van der Waals surface area contributed by atoms with Crippen LogP contribution >= 0.6 is 23.2 Å². The van der Waals surface area contributed by atoms with Crippen molar-refractivity contribution in [2.45, 2.75) is 12.3 Å². The van der Waals surface area contributed by atoms with Gasteiger partial charge in [0.1, 0.15) is 5.69 Å². The third-order valence-electron chi connectivity index (χ3n) is 1.34. The second kappa shape index (κ2) is 4.15. The molecule has 0 aliphatic carbocycles. The van der Waals surface area contributed by atoms with Crippen LogP contribution in [0.2, 0.25) is 5.02 Å². The van der Waals surface area contributed by atoms with Crippen LogP contribution in [0, 0.1) is 5.82 Å². The van der Waals surface area contributed by atoms with Crippen LogP contribution in [0.15, 0.2) is 6.07 Å². The minimum atomic E-state index is -2.99. The van der Waals surface area contributed by atoms with E-state index in [1.807, 2.05) is 0 Å². The maximum absolute atomic E-state index is 12.9. The fraction of sp³-hybridized carbons (Fsp3) is 0.286. The molecule has 0 aliphatic rings. The lowest BCUT2D eigenvalue weighted by Crippen LogP contribution is -1.99. The van der Waals surface area contributed by atoms with Gasteiger partial charge in [0.15, 0.2) is 5.82 Å². The Balaban J connectivity index is 3.25. The molecule has 0 aliphatic heterocycles. The number of rotatable bonds is 2. The van der Waals surface area contributed by atoms with Gasteiger partial charge in [0.05, 0.1) is 16.6 Å². The predicted molar refractivity (Wildman–Crippen MR) is 43.7 cm³/mol. The topological polar surface area (TPSA) is 12.9 Å². The average molecular weight is 230 g/mol. The Bertz CT molecular complexity index is 317. The van der Waals surface area contributed by atoms with E-state index in [4.69, 9.17) is 23.2 Å². The van der Waals surface area contributed by atoms with E-state index in [1.54, 1.807) is 0 Å². The van der Waals surface area contributed by atoms with Crippen LogP contribution in [-0.2, 0) is 5.88 Å². The van der Waals surface area contributed by atoms with Gasteiger partial charge in [0.2, 0.25) is 0 Å². The predicted octanol–water partition coefficient (Wildman–Crippen LogP) is 3.55. The van der Waals surface area contributed by atoms with Gasteiger partial charge in [-0.25, -0.2) is 18.2 Å². The highest BCUT2D eigenvalue weighted by Gasteiger charge is 2.18. The number of nitrogens with zero attached hydrogens (tertiary/aromatic N) is 1. The molecule has 0 unspecified atom stereocenters. The van der Waals surface area contributed by atoms with E-state index in [2.05, 4.69) is 4.98 Å². The Morgan fingerprint density at radius 3 is 2.54 bits per heavy atom. The van der Waals surface area contributed by atoms with Gasteiger partial charge in [-0.3, -0.25) is 0 Å². The van der Waals surface area contributed by atoms with Crippen LogP contribution in [0.3, 0.4) is 0 Å². The summed E-state index contributed by atoms with van der Waals surface area (Å²) >= 11 is 10.7. The molecular weight excluding hydrogens is 226 g/mol. The standard InChI is InChI=1S/C7H4Cl2F3N/c8-2-3-1-4(9)5(10)6(13-3)7(11)12/h1,7H,2H2. The first-order valence-corrected chi connectivity index (χ1v) is 4.16. The fourth-order valence-electron chi connectivity index (χ4n) is 0.781. The van der Waals surface area contributed by atoms with Crippen LogP contribution in [0.5, 0.6) is 0 Å². The minimum Gasteiger partial charge on any atom is -0.247 e. The second-order valence-electron chi connectivity index (χ2n) is 2.23. The summed E-state index contributed by atoms with van der Waals surface area (Å²) in [7, 11) is 0. The van der Waals surface area contributed by atoms with Gasteiger partial charge < -0.3 is 0 Å². The van der Waals surface area contributed by atoms with Crippen molar-refractivity contribution in [3.8, 4) is 0 Å². The number of halogens is 5. The van der Waals surface area contributed by atoms with Crippen LogP contribution in [0.25, 0.3) is 0 Å². The van der Waals surface area contributed by atoms with Crippen molar-refractivity contribution >= 4 is 23.2 Å². The van der Waals surface area contributed by atoms with E-state index in [0.29, 0.717) is 0 Å². The fourth-order valence-corrected chi connectivity index (χ4v) is 1.14. The smallest absolute Gasteiger partial charge is 0.247 e. The van der Waals surface area contributed by atoms with Crippen LogP contribution in [0.4, 0.5) is 13.2 Å². The molecule has 1 aromatic rings. The molecular formula is C7H4Cl2F3N. The number of alkyl halides is 3. The van der Waals surface area contributed by atoms with E-state index < -0.39 is 17.9 Å². The summed E-state index contributed by atoms with van der Waals surface area (Å²) in [5.41, 5.74) is -0.827. The number of pyridine rings is 1. The Morgan fingerprint density at radius 2 is 2.08 bits per heavy atom. The van der Waals surface area contributed by atoms with Gasteiger partial charge in [-0.1, -0.05) is 11.6 Å². The molecule has 1 rings (SSSR count). The molecule has 0 saturated heterocycles. The molecule has 1 heterocycles. The van der Waals surface area contributed by atoms with Crippen molar-refractivity contribution in [1.29, 1.82) is 0 Å². The van der Waals surface area contributed by atoms with Gasteiger partial charge in [-0.05, 0) is 6.07 Å². The maximum atomic E-state index is 12.9. The van der Waals surface area contributed by atoms with Crippen molar-refractivity contribution < 1.29 is 13.2 Å². The summed E-state index contributed by atoms with van der Waals surface area (Å²) in [6, 6.07) is 1.12. The number of hydrogen-bond acceptors (Lipinski definition) is 1. The van der Waals surface area contributed by atoms with Gasteiger partial charge in [-0.15, -0.1) is 11.6 Å². The summed E-state index contributed by atoms with van der Waals surface area (Å²) < 4.78 is 37.1. The molecule has 0 bridgehead atoms. The zero-order valence-corrected chi connectivity index (χ0v) is 7.71. The van der Waals surface area contributed by atoms with E-state index in [9.17, 15) is 13.2 Å². The molecule has 0 radical (unpaired) electrons. The highest BCUT2D eigenvalue weighted by molar-refractivity contribution is 6.30. The lowest BCUT2D eigenvalue weighted by molar-refractivity contribution is 0.140. The normalized spacial score (nSPS) is 10.9. The molecule has 0 N–H and O–H groups in total. The van der Waals surface area contributed by atoms with E-state index >= 15 is 0 Å². The second-order valence-corrected chi connectivity index (χ2v) is 2.90. The monoisotopic (exact) mass is 229 g/mol. The van der Waals surface area contributed by atoms with Crippen LogP contribution in [0.1, 0.15) is 17.8 Å². The van der Waals surface area contributed by atoms with Crippen LogP contribution < -0.4 is 0 Å². The molecule has 0 fully saturated rings. The first-order chi connectivity index (χ1) is 6.06. The highest BCUT2D eigenvalue weighted by atomic mass is 35.5. The Labute approximate surface area is 82.5 Å². The molecule has 0 amide bonds. The first kappa shape index (κ1) is 10.6. The lowest BCUT2D eigenvalue weighted by Gasteiger charge is -2.04. The van der Waals surface area contributed by atoms with E-state index in [0.717, 1.165) is 6.07 Å². The Morgan fingerprint density at radius 1 is 1.46 bits per heavy atom. The molecule has 0 aromatic carbocycles. The van der Waals surface area contributed by atoms with Crippen molar-refractivity contribution in [1.82, 2.24) is 4.98 Å². The third kappa shape index (κ3) is 2.25. The largest absolute Gasteiger partial charge is 0.283 e. The zero-order chi connectivity index (χ0) is 10.0. The molecule has 0 spiro atoms. The summed E-state index contributed by atoms with van der Waals surface area (Å²) in [6.07, 6.45) is -2.99. The summed E-state index contributed by atoms with van der Waals surface area (Å²) in [4.78, 5) is 3.31. The quantitative estimate of drug-likeness (QED) is 0.708. The van der Waals surface area contributed by atoms with Crippen molar-refractivity contribution in [3.63, 3.8) is 0 Å². The molecule has 1 aromatic heterocycles. The average Bonchev–Trinajstić information content (AvgIpc) is 2.09. The molecule has 6 heteroatoms.